The van der Waals surface area contributed by atoms with Crippen LogP contribution in [-0.2, 0) is 15.8 Å². The van der Waals surface area contributed by atoms with Crippen molar-refractivity contribution in [3.63, 3.8) is 0 Å². The number of hydrogen-bond acceptors (Lipinski definition) is 7. The number of rotatable bonds is 8. The van der Waals surface area contributed by atoms with Gasteiger partial charge in [-0.05, 0) is 30.9 Å². The molecule has 3 N–H and O–H groups in total. The highest BCUT2D eigenvalue weighted by Gasteiger charge is 2.36. The van der Waals surface area contributed by atoms with E-state index in [-0.39, 0.29) is 11.7 Å². The Bertz CT molecular complexity index is 1100. The van der Waals surface area contributed by atoms with Gasteiger partial charge in [0.25, 0.3) is 11.8 Å². The molecule has 1 aliphatic rings. The van der Waals surface area contributed by atoms with Crippen molar-refractivity contribution in [2.24, 2.45) is 5.92 Å². The Morgan fingerprint density at radius 2 is 1.94 bits per heavy atom. The highest BCUT2D eigenvalue weighted by Crippen LogP contribution is 2.36. The van der Waals surface area contributed by atoms with Crippen molar-refractivity contribution in [1.82, 2.24) is 15.3 Å². The van der Waals surface area contributed by atoms with Gasteiger partial charge in [0.2, 0.25) is 5.88 Å². The topological polar surface area (TPSA) is 124 Å². The largest absolute Gasteiger partial charge is 0.437 e. The monoisotopic (exact) mass is 452 g/mol. The van der Waals surface area contributed by atoms with Crippen LogP contribution >= 0.6 is 0 Å². The number of aromatic nitrogens is 2. The summed E-state index contributed by atoms with van der Waals surface area (Å²) < 4.78 is 56.4. The van der Waals surface area contributed by atoms with E-state index in [0.29, 0.717) is 6.92 Å². The molecule has 166 valence electrons. The Morgan fingerprint density at radius 1 is 1.29 bits per heavy atom. The van der Waals surface area contributed by atoms with Gasteiger partial charge in [0.05, 0.1) is 6.04 Å². The molecule has 1 amide bonds. The highest BCUT2D eigenvalue weighted by atomic mass is 32.2. The molecule has 0 spiro atoms. The summed E-state index contributed by atoms with van der Waals surface area (Å²) in [5.74, 6) is -4.94. The summed E-state index contributed by atoms with van der Waals surface area (Å²) in [6.45, 7) is 0.618. The molecule has 3 rings (SSSR count). The van der Waals surface area contributed by atoms with E-state index in [1.165, 1.54) is 18.2 Å². The molecule has 8 nitrogen and oxygen atoms in total. The molecule has 11 heteroatoms. The zero-order chi connectivity index (χ0) is 22.8. The Labute approximate surface area is 178 Å². The number of benzene rings is 1. The average molecular weight is 452 g/mol. The number of halogens is 2. The van der Waals surface area contributed by atoms with Crippen molar-refractivity contribution >= 4 is 21.6 Å². The van der Waals surface area contributed by atoms with Crippen molar-refractivity contribution in [2.45, 2.75) is 31.7 Å². The Kier molecular flexibility index (Phi) is 6.25. The van der Waals surface area contributed by atoms with Gasteiger partial charge in [0, 0.05) is 18.6 Å². The molecule has 0 aliphatic heterocycles. The summed E-state index contributed by atoms with van der Waals surface area (Å²) in [6, 6.07) is 7.51. The minimum absolute atomic E-state index is 0.0652. The van der Waals surface area contributed by atoms with Crippen LogP contribution in [-0.4, -0.2) is 36.6 Å². The van der Waals surface area contributed by atoms with E-state index in [2.05, 4.69) is 15.3 Å². The van der Waals surface area contributed by atoms with Gasteiger partial charge in [-0.15, -0.1) is 0 Å². The van der Waals surface area contributed by atoms with E-state index in [1.807, 2.05) is 0 Å². The lowest BCUT2D eigenvalue weighted by Gasteiger charge is -2.18. The Hall–Kier alpha value is -3.08. The SMILES string of the molecule is CC(F)(F)c1nc(N)c(C(=O)NC(C=CS(C)(=O)=O)C2CC2)nc1Oc1ccccc1. The lowest BCUT2D eigenvalue weighted by atomic mass is 10.1. The van der Waals surface area contributed by atoms with E-state index in [4.69, 9.17) is 10.5 Å². The van der Waals surface area contributed by atoms with Crippen LogP contribution in [0.5, 0.6) is 11.6 Å². The van der Waals surface area contributed by atoms with Crippen LogP contribution in [0.25, 0.3) is 0 Å². The van der Waals surface area contributed by atoms with E-state index in [0.717, 1.165) is 24.5 Å². The van der Waals surface area contributed by atoms with Crippen LogP contribution in [0.4, 0.5) is 14.6 Å². The van der Waals surface area contributed by atoms with Gasteiger partial charge >= 0.3 is 0 Å². The van der Waals surface area contributed by atoms with Crippen LogP contribution in [0, 0.1) is 5.92 Å². The van der Waals surface area contributed by atoms with Gasteiger partial charge in [0.15, 0.2) is 27.0 Å². The fourth-order valence-electron chi connectivity index (χ4n) is 2.78. The number of hydrogen-bond donors (Lipinski definition) is 2. The van der Waals surface area contributed by atoms with Gasteiger partial charge in [-0.3, -0.25) is 4.79 Å². The first kappa shape index (κ1) is 22.6. The number of alkyl halides is 2. The number of nitrogens with two attached hydrogens (primary N) is 1. The summed E-state index contributed by atoms with van der Waals surface area (Å²) in [4.78, 5) is 20.4. The van der Waals surface area contributed by atoms with Crippen LogP contribution < -0.4 is 15.8 Å². The number of anilines is 1. The van der Waals surface area contributed by atoms with Crippen LogP contribution in [0.2, 0.25) is 0 Å². The average Bonchev–Trinajstić information content (AvgIpc) is 3.50. The second-order valence-corrected chi connectivity index (χ2v) is 9.34. The summed E-state index contributed by atoms with van der Waals surface area (Å²) in [6.07, 6.45) is 4.03. The quantitative estimate of drug-likeness (QED) is 0.631. The Balaban J connectivity index is 1.93. The molecule has 1 saturated carbocycles. The van der Waals surface area contributed by atoms with Crippen LogP contribution in [0.3, 0.4) is 0 Å². The molecular weight excluding hydrogens is 430 g/mol. The number of ether oxygens (including phenoxy) is 1. The standard InChI is InChI=1S/C20H22F2N4O4S/c1-20(21,22)16-19(30-13-6-4-3-5-7-13)25-15(17(23)26-16)18(27)24-14(12-8-9-12)10-11-31(2,28)29/h3-7,10-12,14H,8-9H2,1-2H3,(H2,23,26)(H,24,27). The maximum atomic E-state index is 14.1. The van der Waals surface area contributed by atoms with Crippen LogP contribution in [0.1, 0.15) is 35.9 Å². The molecule has 0 radical (unpaired) electrons. The lowest BCUT2D eigenvalue weighted by Crippen LogP contribution is -2.36. The third-order valence-electron chi connectivity index (χ3n) is 4.44. The van der Waals surface area contributed by atoms with E-state index in [9.17, 15) is 22.0 Å². The van der Waals surface area contributed by atoms with E-state index >= 15 is 0 Å². The molecule has 1 aromatic carbocycles. The zero-order valence-electron chi connectivity index (χ0n) is 16.9. The highest BCUT2D eigenvalue weighted by molar-refractivity contribution is 7.93. The predicted octanol–water partition coefficient (Wildman–Crippen LogP) is 3.03. The smallest absolute Gasteiger partial charge is 0.292 e. The van der Waals surface area contributed by atoms with Crippen molar-refractivity contribution in [3.8, 4) is 11.6 Å². The summed E-state index contributed by atoms with van der Waals surface area (Å²) >= 11 is 0. The fraction of sp³-hybridized carbons (Fsp3) is 0.350. The van der Waals surface area contributed by atoms with Crippen molar-refractivity contribution in [3.05, 3.63) is 53.2 Å². The number of nitrogens with one attached hydrogen (secondary N) is 1. The lowest BCUT2D eigenvalue weighted by molar-refractivity contribution is 0.0101. The number of carbonyl (C=O) groups is 1. The zero-order valence-corrected chi connectivity index (χ0v) is 17.7. The first-order chi connectivity index (χ1) is 14.4. The number of para-hydroxylation sites is 1. The summed E-state index contributed by atoms with van der Waals surface area (Å²) in [5.41, 5.74) is 4.56. The molecule has 1 aromatic heterocycles. The molecule has 1 fully saturated rings. The maximum Gasteiger partial charge on any atom is 0.292 e. The van der Waals surface area contributed by atoms with Gasteiger partial charge in [0.1, 0.15) is 5.75 Å². The molecule has 0 saturated heterocycles. The van der Waals surface area contributed by atoms with Crippen molar-refractivity contribution in [1.29, 1.82) is 0 Å². The van der Waals surface area contributed by atoms with E-state index < -0.39 is 50.8 Å². The normalized spacial score (nSPS) is 15.6. The Morgan fingerprint density at radius 3 is 2.48 bits per heavy atom. The molecule has 2 aromatic rings. The predicted molar refractivity (Wildman–Crippen MR) is 110 cm³/mol. The van der Waals surface area contributed by atoms with Gasteiger partial charge in [-0.1, -0.05) is 24.3 Å². The third kappa shape index (κ3) is 6.20. The molecule has 1 heterocycles. The number of amides is 1. The first-order valence-corrected chi connectivity index (χ1v) is 11.4. The first-order valence-electron chi connectivity index (χ1n) is 9.42. The molecular formula is C20H22F2N4O4S. The molecule has 1 unspecified atom stereocenters. The molecule has 1 aliphatic carbocycles. The number of nitrogens with zero attached hydrogens (tertiary/aromatic N) is 2. The number of nitrogen functional groups attached to an aromatic ring is 1. The number of carbonyl (C=O) groups excluding carboxylic acids is 1. The summed E-state index contributed by atoms with van der Waals surface area (Å²) in [7, 11) is -3.38. The molecule has 1 atom stereocenters. The fourth-order valence-corrected chi connectivity index (χ4v) is 3.24. The second kappa shape index (κ2) is 8.58. The maximum absolute atomic E-state index is 14.1. The van der Waals surface area contributed by atoms with E-state index in [1.54, 1.807) is 18.2 Å². The van der Waals surface area contributed by atoms with Gasteiger partial charge in [-0.2, -0.15) is 8.78 Å². The minimum atomic E-state index is -3.42. The minimum Gasteiger partial charge on any atom is -0.437 e. The van der Waals surface area contributed by atoms with Crippen LogP contribution in [0.15, 0.2) is 41.8 Å². The van der Waals surface area contributed by atoms with Crippen molar-refractivity contribution in [2.75, 3.05) is 12.0 Å². The molecule has 31 heavy (non-hydrogen) atoms. The third-order valence-corrected chi connectivity index (χ3v) is 5.09. The van der Waals surface area contributed by atoms with Crippen molar-refractivity contribution < 1.29 is 26.7 Å². The molecule has 0 bridgehead atoms. The summed E-state index contributed by atoms with van der Waals surface area (Å²) in [5, 5.41) is 3.65. The van der Waals surface area contributed by atoms with Gasteiger partial charge in [-0.25, -0.2) is 18.4 Å². The second-order valence-electron chi connectivity index (χ2n) is 7.41. The number of sulfone groups is 1. The van der Waals surface area contributed by atoms with Gasteiger partial charge < -0.3 is 15.8 Å².